The van der Waals surface area contributed by atoms with Gasteiger partial charge in [0.1, 0.15) is 5.82 Å². The first-order chi connectivity index (χ1) is 14.7. The molecule has 0 radical (unpaired) electrons. The van der Waals surface area contributed by atoms with Gasteiger partial charge in [-0.3, -0.25) is 9.13 Å². The summed E-state index contributed by atoms with van der Waals surface area (Å²) in [5.41, 5.74) is 1.26. The van der Waals surface area contributed by atoms with Crippen molar-refractivity contribution in [3.63, 3.8) is 0 Å². The van der Waals surface area contributed by atoms with Gasteiger partial charge in [-0.1, -0.05) is 29.3 Å². The predicted octanol–water partition coefficient (Wildman–Crippen LogP) is 5.51. The summed E-state index contributed by atoms with van der Waals surface area (Å²) < 4.78 is 41.9. The average Bonchev–Trinajstić information content (AvgIpc) is 3.23. The maximum absolute atomic E-state index is 12.9. The fourth-order valence-corrected chi connectivity index (χ4v) is 3.99. The average molecular weight is 469 g/mol. The zero-order valence-corrected chi connectivity index (χ0v) is 17.8. The molecule has 0 saturated heterocycles. The molecule has 0 amide bonds. The van der Waals surface area contributed by atoms with Gasteiger partial charge < -0.3 is 4.98 Å². The molecule has 2 aromatic heterocycles. The molecule has 0 atom stereocenters. The summed E-state index contributed by atoms with van der Waals surface area (Å²) in [5.74, 6) is 0.390. The van der Waals surface area contributed by atoms with Gasteiger partial charge in [-0.25, -0.2) is 9.78 Å². The Morgan fingerprint density at radius 2 is 1.90 bits per heavy atom. The Bertz CT molecular complexity index is 1320. The van der Waals surface area contributed by atoms with E-state index in [1.54, 1.807) is 22.9 Å². The predicted molar refractivity (Wildman–Crippen MR) is 114 cm³/mol. The lowest BCUT2D eigenvalue weighted by Crippen LogP contribution is -2.25. The first kappa shape index (κ1) is 21.5. The van der Waals surface area contributed by atoms with Gasteiger partial charge >= 0.3 is 11.9 Å². The van der Waals surface area contributed by atoms with Gasteiger partial charge in [0.05, 0.1) is 23.1 Å². The number of hydrogen-bond donors (Lipinski definition) is 1. The number of halogens is 5. The second-order valence-electron chi connectivity index (χ2n) is 7.10. The van der Waals surface area contributed by atoms with Gasteiger partial charge in [0.2, 0.25) is 0 Å². The fourth-order valence-electron chi connectivity index (χ4n) is 3.51. The highest BCUT2D eigenvalue weighted by Gasteiger charge is 2.30. The Hall–Kier alpha value is -2.71. The molecule has 31 heavy (non-hydrogen) atoms. The molecule has 4 aromatic rings. The van der Waals surface area contributed by atoms with Crippen LogP contribution in [-0.4, -0.2) is 19.1 Å². The molecule has 1 N–H and O–H groups in total. The van der Waals surface area contributed by atoms with E-state index in [0.717, 1.165) is 23.4 Å². The van der Waals surface area contributed by atoms with Crippen molar-refractivity contribution >= 4 is 34.2 Å². The van der Waals surface area contributed by atoms with Crippen LogP contribution in [0.5, 0.6) is 0 Å². The SMILES string of the molecule is CCn1c(Cc2ccc(Cl)cc2Cl)cn(Cc2nc3ccc(C(F)(F)F)cc3[nH]2)c1=O. The number of aromatic nitrogens is 4. The zero-order chi connectivity index (χ0) is 22.3. The molecule has 10 heteroatoms. The molecular weight excluding hydrogens is 452 g/mol. The molecule has 2 aromatic carbocycles. The highest BCUT2D eigenvalue weighted by atomic mass is 35.5. The van der Waals surface area contributed by atoms with Crippen molar-refractivity contribution in [2.75, 3.05) is 0 Å². The molecule has 4 rings (SSSR count). The van der Waals surface area contributed by atoms with Crippen molar-refractivity contribution in [1.29, 1.82) is 0 Å². The molecular formula is C21H17Cl2F3N4O. The van der Waals surface area contributed by atoms with E-state index in [9.17, 15) is 18.0 Å². The molecule has 0 aliphatic heterocycles. The van der Waals surface area contributed by atoms with E-state index in [1.807, 2.05) is 13.0 Å². The summed E-state index contributed by atoms with van der Waals surface area (Å²) in [6.45, 7) is 2.42. The van der Waals surface area contributed by atoms with Crippen LogP contribution in [0.1, 0.15) is 29.6 Å². The molecule has 0 fully saturated rings. The Morgan fingerprint density at radius 3 is 2.58 bits per heavy atom. The maximum atomic E-state index is 12.9. The quantitative estimate of drug-likeness (QED) is 0.419. The van der Waals surface area contributed by atoms with Crippen LogP contribution in [0.3, 0.4) is 0 Å². The van der Waals surface area contributed by atoms with Crippen LogP contribution in [0.2, 0.25) is 10.0 Å². The maximum Gasteiger partial charge on any atom is 0.416 e. The molecule has 0 unspecified atom stereocenters. The standard InChI is InChI=1S/C21H17Cl2F3N4O/c1-2-30-15(7-12-3-5-14(22)9-16(12)23)10-29(20(30)31)11-19-27-17-6-4-13(21(24,25)26)8-18(17)28-19/h3-6,8-10H,2,7,11H2,1H3,(H,27,28). The molecule has 2 heterocycles. The summed E-state index contributed by atoms with van der Waals surface area (Å²) in [6.07, 6.45) is -2.29. The normalized spacial score (nSPS) is 12.1. The second kappa shape index (κ2) is 8.09. The van der Waals surface area contributed by atoms with Gasteiger partial charge in [0.15, 0.2) is 0 Å². The van der Waals surface area contributed by atoms with Crippen molar-refractivity contribution in [3.8, 4) is 0 Å². The lowest BCUT2D eigenvalue weighted by atomic mass is 10.1. The number of rotatable bonds is 5. The Morgan fingerprint density at radius 1 is 1.13 bits per heavy atom. The Kier molecular flexibility index (Phi) is 5.61. The van der Waals surface area contributed by atoms with E-state index in [1.165, 1.54) is 10.6 Å². The minimum Gasteiger partial charge on any atom is -0.340 e. The largest absolute Gasteiger partial charge is 0.416 e. The summed E-state index contributed by atoms with van der Waals surface area (Å²) in [4.78, 5) is 20.0. The summed E-state index contributed by atoms with van der Waals surface area (Å²) in [7, 11) is 0. The number of fused-ring (bicyclic) bond motifs is 1. The first-order valence-corrected chi connectivity index (χ1v) is 10.2. The number of aromatic amines is 1. The van der Waals surface area contributed by atoms with Gasteiger partial charge in [-0.05, 0) is 42.8 Å². The van der Waals surface area contributed by atoms with Crippen LogP contribution in [0.15, 0.2) is 47.4 Å². The Balaban J connectivity index is 1.65. The van der Waals surface area contributed by atoms with Gasteiger partial charge in [-0.2, -0.15) is 13.2 Å². The van der Waals surface area contributed by atoms with Crippen LogP contribution < -0.4 is 5.69 Å². The highest BCUT2D eigenvalue weighted by molar-refractivity contribution is 6.35. The van der Waals surface area contributed by atoms with Crippen LogP contribution in [0, 0.1) is 0 Å². The number of hydrogen-bond acceptors (Lipinski definition) is 2. The van der Waals surface area contributed by atoms with Gasteiger partial charge in [-0.15, -0.1) is 0 Å². The fraction of sp³-hybridized carbons (Fsp3) is 0.238. The zero-order valence-electron chi connectivity index (χ0n) is 16.3. The lowest BCUT2D eigenvalue weighted by molar-refractivity contribution is -0.137. The van der Waals surface area contributed by atoms with E-state index in [2.05, 4.69) is 9.97 Å². The molecule has 5 nitrogen and oxygen atoms in total. The van der Waals surface area contributed by atoms with E-state index in [0.29, 0.717) is 34.4 Å². The molecule has 0 aliphatic carbocycles. The van der Waals surface area contributed by atoms with Crippen LogP contribution in [0.4, 0.5) is 13.2 Å². The molecule has 0 saturated carbocycles. The minimum atomic E-state index is -4.44. The van der Waals surface area contributed by atoms with E-state index in [4.69, 9.17) is 23.2 Å². The van der Waals surface area contributed by atoms with Crippen molar-refractivity contribution in [2.45, 2.75) is 32.6 Å². The highest BCUT2D eigenvalue weighted by Crippen LogP contribution is 2.31. The number of alkyl halides is 3. The Labute approximate surface area is 185 Å². The van der Waals surface area contributed by atoms with Crippen LogP contribution in [0.25, 0.3) is 11.0 Å². The van der Waals surface area contributed by atoms with Crippen molar-refractivity contribution in [3.05, 3.63) is 85.8 Å². The van der Waals surface area contributed by atoms with E-state index < -0.39 is 11.7 Å². The monoisotopic (exact) mass is 468 g/mol. The lowest BCUT2D eigenvalue weighted by Gasteiger charge is -2.06. The molecule has 162 valence electrons. The summed E-state index contributed by atoms with van der Waals surface area (Å²) >= 11 is 12.2. The molecule has 0 bridgehead atoms. The third-order valence-electron chi connectivity index (χ3n) is 5.01. The van der Waals surface area contributed by atoms with Gasteiger partial charge in [0.25, 0.3) is 0 Å². The second-order valence-corrected chi connectivity index (χ2v) is 7.94. The third kappa shape index (κ3) is 4.36. The van der Waals surface area contributed by atoms with Gasteiger partial charge in [0, 0.05) is 34.9 Å². The first-order valence-electron chi connectivity index (χ1n) is 9.44. The number of nitrogens with one attached hydrogen (secondary N) is 1. The topological polar surface area (TPSA) is 55.6 Å². The summed E-state index contributed by atoms with van der Waals surface area (Å²) in [5, 5.41) is 1.03. The smallest absolute Gasteiger partial charge is 0.340 e. The number of imidazole rings is 2. The van der Waals surface area contributed by atoms with E-state index in [-0.39, 0.29) is 17.8 Å². The summed E-state index contributed by atoms with van der Waals surface area (Å²) in [6, 6.07) is 8.50. The third-order valence-corrected chi connectivity index (χ3v) is 5.60. The van der Waals surface area contributed by atoms with Crippen LogP contribution >= 0.6 is 23.2 Å². The molecule has 0 spiro atoms. The van der Waals surface area contributed by atoms with Crippen LogP contribution in [-0.2, 0) is 25.7 Å². The van der Waals surface area contributed by atoms with Crippen molar-refractivity contribution in [1.82, 2.24) is 19.1 Å². The van der Waals surface area contributed by atoms with Crippen molar-refractivity contribution in [2.24, 2.45) is 0 Å². The number of H-pyrrole nitrogens is 1. The number of benzene rings is 2. The van der Waals surface area contributed by atoms with Crippen molar-refractivity contribution < 1.29 is 13.2 Å². The van der Waals surface area contributed by atoms with E-state index >= 15 is 0 Å². The number of nitrogens with zero attached hydrogens (tertiary/aromatic N) is 3. The minimum absolute atomic E-state index is 0.100. The molecule has 0 aliphatic rings.